The van der Waals surface area contributed by atoms with Gasteiger partial charge >= 0.3 is 0 Å². The van der Waals surface area contributed by atoms with Gasteiger partial charge in [0.25, 0.3) is 0 Å². The number of fused-ring (bicyclic) bond motifs is 1. The number of nitrogens with one attached hydrogen (secondary N) is 1. The summed E-state index contributed by atoms with van der Waals surface area (Å²) < 4.78 is 0. The number of amides is 1. The van der Waals surface area contributed by atoms with Gasteiger partial charge in [-0.1, -0.05) is 32.0 Å². The van der Waals surface area contributed by atoms with E-state index in [0.717, 1.165) is 19.4 Å². The molecule has 0 spiro atoms. The molecule has 1 heterocycles. The Morgan fingerprint density at radius 3 is 2.89 bits per heavy atom. The van der Waals surface area contributed by atoms with E-state index < -0.39 is 0 Å². The molecule has 1 atom stereocenters. The number of para-hydroxylation sites is 1. The van der Waals surface area contributed by atoms with E-state index >= 15 is 0 Å². The molecule has 0 radical (unpaired) electrons. The highest BCUT2D eigenvalue weighted by Crippen LogP contribution is 2.29. The molecule has 0 fully saturated rings. The van der Waals surface area contributed by atoms with Crippen molar-refractivity contribution in [1.29, 1.82) is 0 Å². The van der Waals surface area contributed by atoms with Crippen LogP contribution < -0.4 is 10.2 Å². The third kappa shape index (κ3) is 3.49. The van der Waals surface area contributed by atoms with Crippen molar-refractivity contribution < 1.29 is 4.79 Å². The molecule has 1 N–H and O–H groups in total. The number of hydrogen-bond acceptors (Lipinski definition) is 2. The quantitative estimate of drug-likeness (QED) is 0.902. The summed E-state index contributed by atoms with van der Waals surface area (Å²) in [5.41, 5.74) is 2.58. The van der Waals surface area contributed by atoms with Crippen LogP contribution in [-0.2, 0) is 11.2 Å². The van der Waals surface area contributed by atoms with E-state index in [0.29, 0.717) is 18.5 Å². The van der Waals surface area contributed by atoms with E-state index in [-0.39, 0.29) is 5.91 Å². The minimum atomic E-state index is 0.122. The fourth-order valence-corrected chi connectivity index (χ4v) is 2.53. The molecule has 19 heavy (non-hydrogen) atoms. The number of anilines is 1. The first kappa shape index (κ1) is 13.9. The van der Waals surface area contributed by atoms with Crippen molar-refractivity contribution in [3.63, 3.8) is 0 Å². The standard InChI is InChI=1S/C16H24N2O/c1-12(2)10-17-16(19)11-18-13(3)8-9-14-6-4-5-7-15(14)18/h4-7,12-13H,8-11H2,1-3H3,(H,17,19)/t13-/m1/s1. The molecule has 104 valence electrons. The van der Waals surface area contributed by atoms with Gasteiger partial charge in [0.1, 0.15) is 0 Å². The Hall–Kier alpha value is -1.51. The Bertz CT molecular complexity index is 442. The summed E-state index contributed by atoms with van der Waals surface area (Å²) in [7, 11) is 0. The first-order chi connectivity index (χ1) is 9.08. The number of aryl methyl sites for hydroxylation is 1. The first-order valence-corrected chi connectivity index (χ1v) is 7.19. The number of nitrogens with zero attached hydrogens (tertiary/aromatic N) is 1. The zero-order valence-electron chi connectivity index (χ0n) is 12.1. The van der Waals surface area contributed by atoms with Crippen molar-refractivity contribution in [3.05, 3.63) is 29.8 Å². The summed E-state index contributed by atoms with van der Waals surface area (Å²) in [6.07, 6.45) is 2.23. The van der Waals surface area contributed by atoms with Crippen LogP contribution in [0.15, 0.2) is 24.3 Å². The van der Waals surface area contributed by atoms with E-state index in [4.69, 9.17) is 0 Å². The van der Waals surface area contributed by atoms with Gasteiger partial charge in [-0.05, 0) is 37.3 Å². The normalized spacial score (nSPS) is 18.3. The Labute approximate surface area is 116 Å². The second-order valence-electron chi connectivity index (χ2n) is 5.84. The van der Waals surface area contributed by atoms with Gasteiger partial charge in [-0.3, -0.25) is 4.79 Å². The molecule has 1 aliphatic heterocycles. The van der Waals surface area contributed by atoms with Crippen LogP contribution in [0.1, 0.15) is 32.8 Å². The molecule has 0 saturated heterocycles. The number of rotatable bonds is 4. The van der Waals surface area contributed by atoms with Crippen molar-refractivity contribution >= 4 is 11.6 Å². The van der Waals surface area contributed by atoms with Crippen molar-refractivity contribution in [3.8, 4) is 0 Å². The maximum atomic E-state index is 12.0. The smallest absolute Gasteiger partial charge is 0.239 e. The van der Waals surface area contributed by atoms with Gasteiger partial charge in [0.15, 0.2) is 0 Å². The van der Waals surface area contributed by atoms with Crippen LogP contribution in [0.25, 0.3) is 0 Å². The average molecular weight is 260 g/mol. The largest absolute Gasteiger partial charge is 0.359 e. The van der Waals surface area contributed by atoms with Gasteiger partial charge in [-0.25, -0.2) is 0 Å². The lowest BCUT2D eigenvalue weighted by Crippen LogP contribution is -2.45. The van der Waals surface area contributed by atoms with E-state index in [2.05, 4.69) is 55.3 Å². The Morgan fingerprint density at radius 2 is 2.16 bits per heavy atom. The molecular formula is C16H24N2O. The Kier molecular flexibility index (Phi) is 4.46. The summed E-state index contributed by atoms with van der Waals surface area (Å²) in [5, 5.41) is 3.00. The lowest BCUT2D eigenvalue weighted by Gasteiger charge is -2.36. The summed E-state index contributed by atoms with van der Waals surface area (Å²) in [4.78, 5) is 14.2. The number of carbonyl (C=O) groups is 1. The number of benzene rings is 1. The topological polar surface area (TPSA) is 32.3 Å². The van der Waals surface area contributed by atoms with Gasteiger partial charge in [0, 0.05) is 18.3 Å². The number of carbonyl (C=O) groups excluding carboxylic acids is 1. The van der Waals surface area contributed by atoms with Crippen LogP contribution in [0.2, 0.25) is 0 Å². The maximum Gasteiger partial charge on any atom is 0.239 e. The minimum Gasteiger partial charge on any atom is -0.359 e. The zero-order chi connectivity index (χ0) is 13.8. The van der Waals surface area contributed by atoms with E-state index in [1.807, 2.05) is 0 Å². The highest BCUT2D eigenvalue weighted by atomic mass is 16.2. The fraction of sp³-hybridized carbons (Fsp3) is 0.562. The third-order valence-corrected chi connectivity index (χ3v) is 3.69. The van der Waals surface area contributed by atoms with Gasteiger partial charge in [-0.2, -0.15) is 0 Å². The van der Waals surface area contributed by atoms with Gasteiger partial charge in [-0.15, -0.1) is 0 Å². The van der Waals surface area contributed by atoms with Crippen LogP contribution in [0.5, 0.6) is 0 Å². The van der Waals surface area contributed by atoms with Crippen LogP contribution in [0, 0.1) is 5.92 Å². The second-order valence-corrected chi connectivity index (χ2v) is 5.84. The molecule has 0 saturated carbocycles. The van der Waals surface area contributed by atoms with Gasteiger partial charge < -0.3 is 10.2 Å². The average Bonchev–Trinajstić information content (AvgIpc) is 2.40. The van der Waals surface area contributed by atoms with Crippen LogP contribution in [0.3, 0.4) is 0 Å². The first-order valence-electron chi connectivity index (χ1n) is 7.19. The van der Waals surface area contributed by atoms with E-state index in [1.54, 1.807) is 0 Å². The van der Waals surface area contributed by atoms with Crippen LogP contribution >= 0.6 is 0 Å². The van der Waals surface area contributed by atoms with E-state index in [1.165, 1.54) is 11.3 Å². The Balaban J connectivity index is 2.05. The predicted molar refractivity (Wildman–Crippen MR) is 79.4 cm³/mol. The third-order valence-electron chi connectivity index (χ3n) is 3.69. The molecule has 0 unspecified atom stereocenters. The molecule has 0 bridgehead atoms. The van der Waals surface area contributed by atoms with Crippen LogP contribution in [-0.4, -0.2) is 25.0 Å². The van der Waals surface area contributed by atoms with Gasteiger partial charge in [0.2, 0.25) is 5.91 Å². The lowest BCUT2D eigenvalue weighted by atomic mass is 9.96. The summed E-state index contributed by atoms with van der Waals surface area (Å²) in [5.74, 6) is 0.618. The molecule has 3 heteroatoms. The number of hydrogen-bond donors (Lipinski definition) is 1. The highest BCUT2D eigenvalue weighted by molar-refractivity contribution is 5.82. The molecule has 0 aliphatic carbocycles. The molecule has 3 nitrogen and oxygen atoms in total. The fourth-order valence-electron chi connectivity index (χ4n) is 2.53. The second kappa shape index (κ2) is 6.09. The molecule has 2 rings (SSSR count). The van der Waals surface area contributed by atoms with Gasteiger partial charge in [0.05, 0.1) is 6.54 Å². The molecule has 1 aromatic rings. The van der Waals surface area contributed by atoms with Crippen molar-refractivity contribution in [2.45, 2.75) is 39.7 Å². The van der Waals surface area contributed by atoms with Crippen molar-refractivity contribution in [2.75, 3.05) is 18.0 Å². The molecular weight excluding hydrogens is 236 g/mol. The molecule has 1 aromatic carbocycles. The summed E-state index contributed by atoms with van der Waals surface area (Å²) in [6, 6.07) is 8.85. The highest BCUT2D eigenvalue weighted by Gasteiger charge is 2.24. The summed E-state index contributed by atoms with van der Waals surface area (Å²) in [6.45, 7) is 7.64. The van der Waals surface area contributed by atoms with Crippen molar-refractivity contribution in [1.82, 2.24) is 5.32 Å². The van der Waals surface area contributed by atoms with E-state index in [9.17, 15) is 4.79 Å². The monoisotopic (exact) mass is 260 g/mol. The SMILES string of the molecule is CC(C)CNC(=O)CN1c2ccccc2CC[C@H]1C. The Morgan fingerprint density at radius 1 is 1.42 bits per heavy atom. The zero-order valence-corrected chi connectivity index (χ0v) is 12.1. The summed E-state index contributed by atoms with van der Waals surface area (Å²) >= 11 is 0. The minimum absolute atomic E-state index is 0.122. The molecule has 0 aromatic heterocycles. The predicted octanol–water partition coefficient (Wildman–Crippen LogP) is 2.60. The lowest BCUT2D eigenvalue weighted by molar-refractivity contribution is -0.120. The van der Waals surface area contributed by atoms with Crippen molar-refractivity contribution in [2.24, 2.45) is 5.92 Å². The maximum absolute atomic E-state index is 12.0. The molecule has 1 aliphatic rings. The molecule has 1 amide bonds. The van der Waals surface area contributed by atoms with Crippen LogP contribution in [0.4, 0.5) is 5.69 Å².